The number of aryl methyl sites for hydroxylation is 1. The minimum atomic E-state index is -3.45. The maximum atomic E-state index is 12.7. The molecule has 0 atom stereocenters. The van der Waals surface area contributed by atoms with Crippen molar-refractivity contribution in [3.8, 4) is 5.75 Å². The van der Waals surface area contributed by atoms with E-state index in [1.807, 2.05) is 55.5 Å². The van der Waals surface area contributed by atoms with E-state index in [-0.39, 0.29) is 11.2 Å². The highest BCUT2D eigenvalue weighted by atomic mass is 32.2. The summed E-state index contributed by atoms with van der Waals surface area (Å²) >= 11 is 0. The summed E-state index contributed by atoms with van der Waals surface area (Å²) in [6, 6.07) is 15.4. The molecule has 0 saturated carbocycles. The van der Waals surface area contributed by atoms with Gasteiger partial charge in [-0.15, -0.1) is 0 Å². The van der Waals surface area contributed by atoms with E-state index in [9.17, 15) is 8.42 Å². The molecule has 3 rings (SSSR count). The molecule has 0 unspecified atom stereocenters. The predicted octanol–water partition coefficient (Wildman–Crippen LogP) is 3.17. The second kappa shape index (κ2) is 8.42. The van der Waals surface area contributed by atoms with Crippen LogP contribution in [0.15, 0.2) is 48.5 Å². The van der Waals surface area contributed by atoms with Crippen molar-refractivity contribution in [2.45, 2.75) is 30.9 Å². The number of ether oxygens (including phenoxy) is 2. The van der Waals surface area contributed by atoms with Crippen molar-refractivity contribution in [3.63, 3.8) is 0 Å². The van der Waals surface area contributed by atoms with Gasteiger partial charge in [-0.05, 0) is 31.4 Å². The molecule has 0 bridgehead atoms. The Balaban J connectivity index is 1.81. The highest BCUT2D eigenvalue weighted by molar-refractivity contribution is 7.88. The van der Waals surface area contributed by atoms with Gasteiger partial charge in [0.25, 0.3) is 0 Å². The van der Waals surface area contributed by atoms with Gasteiger partial charge in [0.05, 0.1) is 12.9 Å². The van der Waals surface area contributed by atoms with Crippen molar-refractivity contribution in [1.82, 2.24) is 4.72 Å². The number of rotatable bonds is 7. The van der Waals surface area contributed by atoms with E-state index < -0.39 is 10.0 Å². The summed E-state index contributed by atoms with van der Waals surface area (Å²) in [7, 11) is -1.80. The van der Waals surface area contributed by atoms with Crippen LogP contribution in [0, 0.1) is 6.92 Å². The Labute approximate surface area is 161 Å². The van der Waals surface area contributed by atoms with Crippen LogP contribution in [0.4, 0.5) is 0 Å². The van der Waals surface area contributed by atoms with Crippen LogP contribution in [-0.2, 0) is 25.9 Å². The Morgan fingerprint density at radius 2 is 1.85 bits per heavy atom. The fraction of sp³-hybridized carbons (Fsp3) is 0.429. The van der Waals surface area contributed by atoms with Crippen molar-refractivity contribution in [2.24, 2.45) is 0 Å². The smallest absolute Gasteiger partial charge is 0.215 e. The highest BCUT2D eigenvalue weighted by Crippen LogP contribution is 2.39. The van der Waals surface area contributed by atoms with E-state index in [1.54, 1.807) is 7.11 Å². The topological polar surface area (TPSA) is 64.6 Å². The van der Waals surface area contributed by atoms with E-state index in [0.29, 0.717) is 19.8 Å². The maximum absolute atomic E-state index is 12.7. The average molecular weight is 390 g/mol. The lowest BCUT2D eigenvalue weighted by molar-refractivity contribution is 0.0509. The lowest BCUT2D eigenvalue weighted by Gasteiger charge is -2.38. The molecule has 146 valence electrons. The van der Waals surface area contributed by atoms with E-state index >= 15 is 0 Å². The number of sulfonamides is 1. The first-order valence-electron chi connectivity index (χ1n) is 9.18. The molecular weight excluding hydrogens is 362 g/mol. The van der Waals surface area contributed by atoms with Crippen molar-refractivity contribution < 1.29 is 17.9 Å². The van der Waals surface area contributed by atoms with Gasteiger partial charge in [-0.2, -0.15) is 0 Å². The summed E-state index contributed by atoms with van der Waals surface area (Å²) < 4.78 is 39.4. The van der Waals surface area contributed by atoms with Crippen LogP contribution in [-0.4, -0.2) is 35.3 Å². The van der Waals surface area contributed by atoms with Crippen molar-refractivity contribution in [3.05, 3.63) is 65.2 Å². The summed E-state index contributed by atoms with van der Waals surface area (Å²) in [5.41, 5.74) is 2.55. The molecule has 1 heterocycles. The molecule has 1 aliphatic rings. The monoisotopic (exact) mass is 389 g/mol. The van der Waals surface area contributed by atoms with Gasteiger partial charge in [0.15, 0.2) is 0 Å². The first-order chi connectivity index (χ1) is 12.9. The van der Waals surface area contributed by atoms with E-state index in [1.165, 1.54) is 0 Å². The summed E-state index contributed by atoms with van der Waals surface area (Å²) in [6.45, 7) is 3.52. The van der Waals surface area contributed by atoms with E-state index in [0.717, 1.165) is 35.3 Å². The highest BCUT2D eigenvalue weighted by Gasteiger charge is 2.37. The molecule has 1 aliphatic heterocycles. The number of nitrogens with one attached hydrogen (secondary N) is 1. The van der Waals surface area contributed by atoms with Gasteiger partial charge in [0.2, 0.25) is 10.0 Å². The second-order valence-corrected chi connectivity index (χ2v) is 8.97. The molecule has 1 fully saturated rings. The van der Waals surface area contributed by atoms with Gasteiger partial charge in [-0.3, -0.25) is 0 Å². The Morgan fingerprint density at radius 3 is 2.56 bits per heavy atom. The van der Waals surface area contributed by atoms with Crippen LogP contribution >= 0.6 is 0 Å². The lowest BCUT2D eigenvalue weighted by atomic mass is 9.74. The summed E-state index contributed by atoms with van der Waals surface area (Å²) in [6.07, 6.45) is 1.50. The van der Waals surface area contributed by atoms with Crippen molar-refractivity contribution in [2.75, 3.05) is 26.9 Å². The van der Waals surface area contributed by atoms with Crippen LogP contribution in [0.25, 0.3) is 0 Å². The fourth-order valence-corrected chi connectivity index (χ4v) is 4.92. The lowest BCUT2D eigenvalue weighted by Crippen LogP contribution is -2.45. The minimum Gasteiger partial charge on any atom is -0.496 e. The third-order valence-electron chi connectivity index (χ3n) is 5.20. The third kappa shape index (κ3) is 4.89. The van der Waals surface area contributed by atoms with Gasteiger partial charge in [0, 0.05) is 30.7 Å². The largest absolute Gasteiger partial charge is 0.496 e. The number of benzene rings is 2. The van der Waals surface area contributed by atoms with Crippen LogP contribution < -0.4 is 9.46 Å². The third-order valence-corrected chi connectivity index (χ3v) is 6.50. The zero-order valence-electron chi connectivity index (χ0n) is 15.9. The van der Waals surface area contributed by atoms with Crippen LogP contribution in [0.1, 0.15) is 29.5 Å². The quantitative estimate of drug-likeness (QED) is 0.790. The molecule has 1 N–H and O–H groups in total. The van der Waals surface area contributed by atoms with Gasteiger partial charge in [0.1, 0.15) is 5.75 Å². The average Bonchev–Trinajstić information content (AvgIpc) is 2.67. The van der Waals surface area contributed by atoms with Gasteiger partial charge < -0.3 is 9.47 Å². The molecule has 2 aromatic rings. The Bertz CT molecular complexity index is 873. The molecule has 5 nitrogen and oxygen atoms in total. The number of para-hydroxylation sites is 1. The SMILES string of the molecule is COc1ccccc1C1(CNS(=O)(=O)Cc2cccc(C)c2)CCOCC1. The number of hydrogen-bond acceptors (Lipinski definition) is 4. The first kappa shape index (κ1) is 19.9. The van der Waals surface area contributed by atoms with Crippen molar-refractivity contribution >= 4 is 10.0 Å². The first-order valence-corrected chi connectivity index (χ1v) is 10.8. The molecule has 0 amide bonds. The summed E-state index contributed by atoms with van der Waals surface area (Å²) in [5.74, 6) is 0.768. The Hall–Kier alpha value is -1.89. The molecule has 27 heavy (non-hydrogen) atoms. The zero-order valence-corrected chi connectivity index (χ0v) is 16.7. The van der Waals surface area contributed by atoms with Crippen LogP contribution in [0.2, 0.25) is 0 Å². The Kier molecular flexibility index (Phi) is 6.19. The molecule has 0 radical (unpaired) electrons. The van der Waals surface area contributed by atoms with Crippen LogP contribution in [0.3, 0.4) is 0 Å². The second-order valence-electron chi connectivity index (χ2n) is 7.16. The molecule has 0 aromatic heterocycles. The minimum absolute atomic E-state index is 0.0207. The standard InChI is InChI=1S/C21H27NO4S/c1-17-6-5-7-18(14-17)15-27(23,24)22-16-21(10-12-26-13-11-21)19-8-3-4-9-20(19)25-2/h3-9,14,22H,10-13,15-16H2,1-2H3. The van der Waals surface area contributed by atoms with Gasteiger partial charge in [-0.25, -0.2) is 13.1 Å². The number of hydrogen-bond donors (Lipinski definition) is 1. The molecule has 0 spiro atoms. The van der Waals surface area contributed by atoms with Crippen LogP contribution in [0.5, 0.6) is 5.75 Å². The maximum Gasteiger partial charge on any atom is 0.215 e. The Morgan fingerprint density at radius 1 is 1.11 bits per heavy atom. The normalized spacial score (nSPS) is 16.8. The van der Waals surface area contributed by atoms with Gasteiger partial charge >= 0.3 is 0 Å². The van der Waals surface area contributed by atoms with Crippen molar-refractivity contribution in [1.29, 1.82) is 0 Å². The van der Waals surface area contributed by atoms with Gasteiger partial charge in [-0.1, -0.05) is 48.0 Å². The molecule has 1 saturated heterocycles. The number of methoxy groups -OCH3 is 1. The zero-order chi connectivity index (χ0) is 19.3. The fourth-order valence-electron chi connectivity index (χ4n) is 3.71. The summed E-state index contributed by atoms with van der Waals surface area (Å²) in [5, 5.41) is 0. The molecular formula is C21H27NO4S. The van der Waals surface area contributed by atoms with E-state index in [2.05, 4.69) is 4.72 Å². The molecule has 6 heteroatoms. The summed E-state index contributed by atoms with van der Waals surface area (Å²) in [4.78, 5) is 0. The molecule has 0 aliphatic carbocycles. The molecule has 2 aromatic carbocycles. The van der Waals surface area contributed by atoms with E-state index in [4.69, 9.17) is 9.47 Å². The predicted molar refractivity (Wildman–Crippen MR) is 107 cm³/mol.